The Morgan fingerprint density at radius 1 is 1.32 bits per heavy atom. The van der Waals surface area contributed by atoms with Crippen LogP contribution >= 0.6 is 22.7 Å². The molecule has 3 aromatic rings. The van der Waals surface area contributed by atoms with Crippen LogP contribution in [0.4, 0.5) is 0 Å². The summed E-state index contributed by atoms with van der Waals surface area (Å²) in [6.07, 6.45) is 1.79. The van der Waals surface area contributed by atoms with Gasteiger partial charge in [-0.05, 0) is 26.8 Å². The van der Waals surface area contributed by atoms with Gasteiger partial charge in [0, 0.05) is 11.8 Å². The molecule has 0 saturated heterocycles. The molecule has 0 unspecified atom stereocenters. The Morgan fingerprint density at radius 2 is 2.16 bits per heavy atom. The van der Waals surface area contributed by atoms with Crippen molar-refractivity contribution >= 4 is 27.6 Å². The summed E-state index contributed by atoms with van der Waals surface area (Å²) in [5, 5.41) is 11.7. The molecule has 0 radical (unpaired) electrons. The first kappa shape index (κ1) is 12.7. The Morgan fingerprint density at radius 3 is 2.84 bits per heavy atom. The fraction of sp³-hybridized carbons (Fsp3) is 0.417. The predicted octanol–water partition coefficient (Wildman–Crippen LogP) is 2.42. The molecule has 0 aliphatic heterocycles. The van der Waals surface area contributed by atoms with Crippen LogP contribution in [0, 0.1) is 13.8 Å². The van der Waals surface area contributed by atoms with E-state index in [0.717, 1.165) is 40.0 Å². The second-order valence-electron chi connectivity index (χ2n) is 4.39. The van der Waals surface area contributed by atoms with Crippen LogP contribution in [0.1, 0.15) is 22.9 Å². The van der Waals surface area contributed by atoms with Crippen LogP contribution in [-0.4, -0.2) is 26.1 Å². The monoisotopic (exact) mass is 293 g/mol. The van der Waals surface area contributed by atoms with Crippen LogP contribution in [0.3, 0.4) is 0 Å². The van der Waals surface area contributed by atoms with Crippen molar-refractivity contribution in [1.29, 1.82) is 0 Å². The maximum Gasteiger partial charge on any atom is 0.216 e. The Kier molecular flexibility index (Phi) is 3.34. The van der Waals surface area contributed by atoms with Crippen molar-refractivity contribution in [3.63, 3.8) is 0 Å². The molecule has 3 aromatic heterocycles. The molecule has 0 amide bonds. The normalized spacial score (nSPS) is 11.5. The Hall–Kier alpha value is -1.31. The van der Waals surface area contributed by atoms with Crippen molar-refractivity contribution in [2.75, 3.05) is 6.54 Å². The quantitative estimate of drug-likeness (QED) is 0.802. The van der Waals surface area contributed by atoms with Crippen molar-refractivity contribution in [1.82, 2.24) is 19.6 Å². The third-order valence-corrected chi connectivity index (χ3v) is 4.87. The van der Waals surface area contributed by atoms with Crippen molar-refractivity contribution in [3.8, 4) is 10.6 Å². The lowest BCUT2D eigenvalue weighted by Crippen LogP contribution is -2.03. The summed E-state index contributed by atoms with van der Waals surface area (Å²) >= 11 is 3.34. The van der Waals surface area contributed by atoms with Crippen molar-refractivity contribution in [2.24, 2.45) is 5.73 Å². The van der Waals surface area contributed by atoms with Gasteiger partial charge in [-0.3, -0.25) is 4.40 Å². The second-order valence-corrected chi connectivity index (χ2v) is 6.43. The minimum absolute atomic E-state index is 0.674. The highest BCUT2D eigenvalue weighted by Gasteiger charge is 2.16. The van der Waals surface area contributed by atoms with E-state index in [1.165, 1.54) is 4.88 Å². The minimum Gasteiger partial charge on any atom is -0.330 e. The number of nitrogens with zero attached hydrogens (tertiary/aromatic N) is 4. The number of thiazole rings is 2. The fourth-order valence-corrected chi connectivity index (χ4v) is 3.96. The van der Waals surface area contributed by atoms with Gasteiger partial charge in [-0.2, -0.15) is 0 Å². The van der Waals surface area contributed by atoms with E-state index in [-0.39, 0.29) is 0 Å². The van der Waals surface area contributed by atoms with Gasteiger partial charge < -0.3 is 5.73 Å². The molecule has 19 heavy (non-hydrogen) atoms. The third-order valence-electron chi connectivity index (χ3n) is 2.96. The molecule has 3 heterocycles. The highest BCUT2D eigenvalue weighted by molar-refractivity contribution is 7.17. The lowest BCUT2D eigenvalue weighted by atomic mass is 10.3. The number of rotatable bonds is 4. The van der Waals surface area contributed by atoms with Gasteiger partial charge in [0.15, 0.2) is 0 Å². The molecule has 0 saturated carbocycles. The van der Waals surface area contributed by atoms with Gasteiger partial charge in [-0.1, -0.05) is 0 Å². The number of hydrogen-bond acceptors (Lipinski definition) is 6. The molecular weight excluding hydrogens is 278 g/mol. The lowest BCUT2D eigenvalue weighted by Gasteiger charge is -2.00. The van der Waals surface area contributed by atoms with Crippen LogP contribution in [0.15, 0.2) is 5.38 Å². The molecule has 3 rings (SSSR count). The van der Waals surface area contributed by atoms with E-state index < -0.39 is 0 Å². The first-order chi connectivity index (χ1) is 9.20. The highest BCUT2D eigenvalue weighted by Crippen LogP contribution is 2.33. The summed E-state index contributed by atoms with van der Waals surface area (Å²) < 4.78 is 2.14. The van der Waals surface area contributed by atoms with Crippen LogP contribution < -0.4 is 5.73 Å². The van der Waals surface area contributed by atoms with Crippen molar-refractivity contribution in [2.45, 2.75) is 26.7 Å². The lowest BCUT2D eigenvalue weighted by molar-refractivity contribution is 0.772. The zero-order valence-electron chi connectivity index (χ0n) is 10.9. The summed E-state index contributed by atoms with van der Waals surface area (Å²) in [4.78, 5) is 6.64. The van der Waals surface area contributed by atoms with Gasteiger partial charge in [0.25, 0.3) is 0 Å². The Balaban J connectivity index is 2.13. The van der Waals surface area contributed by atoms with E-state index in [1.54, 1.807) is 22.7 Å². The second kappa shape index (κ2) is 4.99. The van der Waals surface area contributed by atoms with Crippen LogP contribution in [0.25, 0.3) is 15.5 Å². The summed E-state index contributed by atoms with van der Waals surface area (Å²) in [6, 6.07) is 0. The maximum atomic E-state index is 5.58. The zero-order chi connectivity index (χ0) is 13.4. The van der Waals surface area contributed by atoms with Gasteiger partial charge in [0.05, 0.1) is 21.3 Å². The number of aryl methyl sites for hydroxylation is 3. The predicted molar refractivity (Wildman–Crippen MR) is 78.8 cm³/mol. The molecule has 0 bridgehead atoms. The van der Waals surface area contributed by atoms with Gasteiger partial charge in [0.2, 0.25) is 4.96 Å². The molecule has 0 fully saturated rings. The molecule has 2 N–H and O–H groups in total. The van der Waals surface area contributed by atoms with Crippen LogP contribution in [-0.2, 0) is 6.42 Å². The molecular formula is C12H15N5S2. The molecule has 5 nitrogen and oxygen atoms in total. The fourth-order valence-electron chi connectivity index (χ4n) is 2.13. The van der Waals surface area contributed by atoms with E-state index in [9.17, 15) is 0 Å². The van der Waals surface area contributed by atoms with Gasteiger partial charge in [0.1, 0.15) is 5.82 Å². The Labute approximate surface area is 119 Å². The zero-order valence-corrected chi connectivity index (χ0v) is 12.5. The molecule has 100 valence electrons. The number of fused-ring (bicyclic) bond motifs is 1. The minimum atomic E-state index is 0.674. The van der Waals surface area contributed by atoms with Crippen LogP contribution in [0.2, 0.25) is 0 Å². The molecule has 0 spiro atoms. The van der Waals surface area contributed by atoms with E-state index >= 15 is 0 Å². The largest absolute Gasteiger partial charge is 0.330 e. The average Bonchev–Trinajstić information content (AvgIpc) is 3.02. The number of aromatic nitrogens is 4. The van der Waals surface area contributed by atoms with Crippen LogP contribution in [0.5, 0.6) is 0 Å². The summed E-state index contributed by atoms with van der Waals surface area (Å²) in [6.45, 7) is 4.76. The van der Waals surface area contributed by atoms with E-state index in [2.05, 4.69) is 25.0 Å². The summed E-state index contributed by atoms with van der Waals surface area (Å²) in [5.41, 5.74) is 7.80. The van der Waals surface area contributed by atoms with Gasteiger partial charge in [-0.15, -0.1) is 32.9 Å². The molecule has 0 aliphatic rings. The van der Waals surface area contributed by atoms with Crippen molar-refractivity contribution < 1.29 is 0 Å². The Bertz CT molecular complexity index is 709. The molecule has 0 atom stereocenters. The van der Waals surface area contributed by atoms with E-state index in [0.29, 0.717) is 6.54 Å². The first-order valence-electron chi connectivity index (χ1n) is 6.16. The SMILES string of the molecule is Cc1nc(C)c(-c2csc3nnc(CCCN)n23)s1. The van der Waals surface area contributed by atoms with E-state index in [1.807, 2.05) is 13.8 Å². The number of nitrogens with two attached hydrogens (primary N) is 1. The summed E-state index contributed by atoms with van der Waals surface area (Å²) in [7, 11) is 0. The highest BCUT2D eigenvalue weighted by atomic mass is 32.1. The summed E-state index contributed by atoms with van der Waals surface area (Å²) in [5.74, 6) is 0.988. The first-order valence-corrected chi connectivity index (χ1v) is 7.86. The van der Waals surface area contributed by atoms with Gasteiger partial charge >= 0.3 is 0 Å². The maximum absolute atomic E-state index is 5.58. The third kappa shape index (κ3) is 2.18. The van der Waals surface area contributed by atoms with Crippen molar-refractivity contribution in [3.05, 3.63) is 21.9 Å². The van der Waals surface area contributed by atoms with E-state index in [4.69, 9.17) is 5.73 Å². The van der Waals surface area contributed by atoms with Gasteiger partial charge in [-0.25, -0.2) is 4.98 Å². The smallest absolute Gasteiger partial charge is 0.216 e. The standard InChI is InChI=1S/C12H15N5S2/c1-7-11(19-8(2)14-7)9-6-18-12-16-15-10(17(9)12)4-3-5-13/h6H,3-5,13H2,1-2H3. The number of hydrogen-bond donors (Lipinski definition) is 1. The molecule has 0 aromatic carbocycles. The average molecular weight is 293 g/mol. The molecule has 0 aliphatic carbocycles. The molecule has 7 heteroatoms. The topological polar surface area (TPSA) is 69.1 Å².